The summed E-state index contributed by atoms with van der Waals surface area (Å²) >= 11 is 0. The fraction of sp³-hybridized carbons (Fsp3) is 0.500. The van der Waals surface area contributed by atoms with Crippen molar-refractivity contribution in [1.82, 2.24) is 5.32 Å². The average Bonchev–Trinajstić information content (AvgIpc) is 3.17. The van der Waals surface area contributed by atoms with Crippen LogP contribution < -0.4 is 15.8 Å². The topological polar surface area (TPSA) is 64.4 Å². The zero-order chi connectivity index (χ0) is 13.2. The molecule has 0 atom stereocenters. The SMILES string of the molecule is CCC1(CNC(=O)c2ccc(N)c(OC)c2)CC1. The Morgan fingerprint density at radius 2 is 2.22 bits per heavy atom. The Morgan fingerprint density at radius 3 is 2.78 bits per heavy atom. The van der Waals surface area contributed by atoms with Crippen LogP contribution in [0.25, 0.3) is 0 Å². The summed E-state index contributed by atoms with van der Waals surface area (Å²) in [6, 6.07) is 5.09. The van der Waals surface area contributed by atoms with Crippen LogP contribution in [0.3, 0.4) is 0 Å². The largest absolute Gasteiger partial charge is 0.495 e. The fourth-order valence-electron chi connectivity index (χ4n) is 2.05. The van der Waals surface area contributed by atoms with Crippen LogP contribution in [-0.4, -0.2) is 19.6 Å². The second-order valence-corrected chi connectivity index (χ2v) is 4.99. The normalized spacial score (nSPS) is 16.1. The van der Waals surface area contributed by atoms with Crippen molar-refractivity contribution in [3.8, 4) is 5.75 Å². The number of carbonyl (C=O) groups excluding carboxylic acids is 1. The van der Waals surface area contributed by atoms with Gasteiger partial charge in [-0.3, -0.25) is 4.79 Å². The highest BCUT2D eigenvalue weighted by Gasteiger charge is 2.40. The van der Waals surface area contributed by atoms with Crippen molar-refractivity contribution in [3.05, 3.63) is 23.8 Å². The maximum Gasteiger partial charge on any atom is 0.251 e. The van der Waals surface area contributed by atoms with Crippen molar-refractivity contribution in [3.63, 3.8) is 0 Å². The first-order valence-corrected chi connectivity index (χ1v) is 6.32. The molecule has 0 aromatic heterocycles. The Morgan fingerprint density at radius 1 is 1.50 bits per heavy atom. The number of hydrogen-bond acceptors (Lipinski definition) is 3. The minimum absolute atomic E-state index is 0.0620. The lowest BCUT2D eigenvalue weighted by Gasteiger charge is -2.14. The van der Waals surface area contributed by atoms with Crippen LogP contribution in [0, 0.1) is 5.41 Å². The lowest BCUT2D eigenvalue weighted by atomic mass is 10.0. The lowest BCUT2D eigenvalue weighted by molar-refractivity contribution is 0.0944. The van der Waals surface area contributed by atoms with Gasteiger partial charge in [0.2, 0.25) is 0 Å². The first-order chi connectivity index (χ1) is 8.60. The van der Waals surface area contributed by atoms with Gasteiger partial charge >= 0.3 is 0 Å². The number of methoxy groups -OCH3 is 1. The third-order valence-corrected chi connectivity index (χ3v) is 3.83. The number of carbonyl (C=O) groups is 1. The van der Waals surface area contributed by atoms with Crippen molar-refractivity contribution < 1.29 is 9.53 Å². The minimum atomic E-state index is -0.0620. The predicted octanol–water partition coefficient (Wildman–Crippen LogP) is 2.20. The smallest absolute Gasteiger partial charge is 0.251 e. The van der Waals surface area contributed by atoms with Crippen molar-refractivity contribution in [1.29, 1.82) is 0 Å². The summed E-state index contributed by atoms with van der Waals surface area (Å²) in [7, 11) is 1.55. The Kier molecular flexibility index (Phi) is 3.45. The monoisotopic (exact) mass is 248 g/mol. The van der Waals surface area contributed by atoms with E-state index in [0.29, 0.717) is 22.4 Å². The molecule has 2 rings (SSSR count). The van der Waals surface area contributed by atoms with Crippen LogP contribution in [0.2, 0.25) is 0 Å². The fourth-order valence-corrected chi connectivity index (χ4v) is 2.05. The molecule has 18 heavy (non-hydrogen) atoms. The number of nitrogens with two attached hydrogens (primary N) is 1. The van der Waals surface area contributed by atoms with E-state index in [9.17, 15) is 4.79 Å². The molecule has 1 aliphatic rings. The molecular formula is C14H20N2O2. The lowest BCUT2D eigenvalue weighted by Crippen LogP contribution is -2.29. The van der Waals surface area contributed by atoms with Crippen LogP contribution >= 0.6 is 0 Å². The number of benzene rings is 1. The number of nitrogen functional groups attached to an aromatic ring is 1. The van der Waals surface area contributed by atoms with Crippen molar-refractivity contribution in [2.45, 2.75) is 26.2 Å². The molecule has 0 unspecified atom stereocenters. The van der Waals surface area contributed by atoms with Gasteiger partial charge in [-0.2, -0.15) is 0 Å². The van der Waals surface area contributed by atoms with E-state index in [4.69, 9.17) is 10.5 Å². The number of hydrogen-bond donors (Lipinski definition) is 2. The van der Waals surface area contributed by atoms with Gasteiger partial charge in [-0.05, 0) is 42.9 Å². The molecule has 0 aliphatic heterocycles. The van der Waals surface area contributed by atoms with E-state index in [1.54, 1.807) is 25.3 Å². The van der Waals surface area contributed by atoms with E-state index in [1.165, 1.54) is 12.8 Å². The second kappa shape index (κ2) is 4.88. The Bertz CT molecular complexity index is 453. The van der Waals surface area contributed by atoms with Gasteiger partial charge in [0.05, 0.1) is 12.8 Å². The number of anilines is 1. The maximum atomic E-state index is 12.0. The standard InChI is InChI=1S/C14H20N2O2/c1-3-14(6-7-14)9-16-13(17)10-4-5-11(15)12(8-10)18-2/h4-5,8H,3,6-7,9,15H2,1-2H3,(H,16,17). The molecular weight excluding hydrogens is 228 g/mol. The second-order valence-electron chi connectivity index (χ2n) is 4.99. The van der Waals surface area contributed by atoms with Gasteiger partial charge in [-0.15, -0.1) is 0 Å². The van der Waals surface area contributed by atoms with Crippen molar-refractivity contribution in [2.75, 3.05) is 19.4 Å². The number of rotatable bonds is 5. The van der Waals surface area contributed by atoms with E-state index < -0.39 is 0 Å². The summed E-state index contributed by atoms with van der Waals surface area (Å²) in [6.45, 7) is 2.93. The quantitative estimate of drug-likeness (QED) is 0.785. The molecule has 0 radical (unpaired) electrons. The number of amides is 1. The Hall–Kier alpha value is -1.71. The predicted molar refractivity (Wildman–Crippen MR) is 71.7 cm³/mol. The van der Waals surface area contributed by atoms with Gasteiger partial charge in [-0.25, -0.2) is 0 Å². The Balaban J connectivity index is 2.00. The molecule has 1 fully saturated rings. The van der Waals surface area contributed by atoms with Crippen molar-refractivity contribution >= 4 is 11.6 Å². The summed E-state index contributed by atoms with van der Waals surface area (Å²) in [6.07, 6.45) is 3.56. The molecule has 0 spiro atoms. The van der Waals surface area contributed by atoms with Gasteiger partial charge in [0.25, 0.3) is 5.91 Å². The number of ether oxygens (including phenoxy) is 1. The molecule has 1 saturated carbocycles. The van der Waals surface area contributed by atoms with Crippen molar-refractivity contribution in [2.24, 2.45) is 5.41 Å². The molecule has 0 heterocycles. The Labute approximate surface area is 108 Å². The minimum Gasteiger partial charge on any atom is -0.495 e. The highest BCUT2D eigenvalue weighted by molar-refractivity contribution is 5.95. The zero-order valence-corrected chi connectivity index (χ0v) is 11.0. The molecule has 1 aromatic carbocycles. The third kappa shape index (κ3) is 2.58. The van der Waals surface area contributed by atoms with Crippen LogP contribution in [0.4, 0.5) is 5.69 Å². The van der Waals surface area contributed by atoms with Gasteiger partial charge < -0.3 is 15.8 Å². The summed E-state index contributed by atoms with van der Waals surface area (Å²) in [5.41, 5.74) is 7.21. The van der Waals surface area contributed by atoms with Crippen LogP contribution in [0.5, 0.6) is 5.75 Å². The molecule has 4 nitrogen and oxygen atoms in total. The first kappa shape index (κ1) is 12.7. The van der Waals surface area contributed by atoms with Gasteiger partial charge in [0, 0.05) is 12.1 Å². The highest BCUT2D eigenvalue weighted by atomic mass is 16.5. The van der Waals surface area contributed by atoms with E-state index in [2.05, 4.69) is 12.2 Å². The van der Waals surface area contributed by atoms with Gasteiger partial charge in [0.1, 0.15) is 5.75 Å². The van der Waals surface area contributed by atoms with Gasteiger partial charge in [0.15, 0.2) is 0 Å². The molecule has 1 aliphatic carbocycles. The summed E-state index contributed by atoms with van der Waals surface area (Å²) in [5, 5.41) is 2.99. The van der Waals surface area contributed by atoms with Crippen LogP contribution in [0.1, 0.15) is 36.5 Å². The molecule has 0 bridgehead atoms. The molecule has 3 N–H and O–H groups in total. The van der Waals surface area contributed by atoms with Gasteiger partial charge in [-0.1, -0.05) is 6.92 Å². The summed E-state index contributed by atoms with van der Waals surface area (Å²) in [5.74, 6) is 0.479. The molecule has 0 saturated heterocycles. The molecule has 98 valence electrons. The zero-order valence-electron chi connectivity index (χ0n) is 11.0. The summed E-state index contributed by atoms with van der Waals surface area (Å²) in [4.78, 5) is 12.0. The van der Waals surface area contributed by atoms with E-state index in [-0.39, 0.29) is 5.91 Å². The average molecular weight is 248 g/mol. The van der Waals surface area contributed by atoms with Crippen LogP contribution in [0.15, 0.2) is 18.2 Å². The summed E-state index contributed by atoms with van der Waals surface area (Å²) < 4.78 is 5.11. The highest BCUT2D eigenvalue weighted by Crippen LogP contribution is 2.47. The van der Waals surface area contributed by atoms with E-state index >= 15 is 0 Å². The molecule has 1 amide bonds. The first-order valence-electron chi connectivity index (χ1n) is 6.32. The molecule has 4 heteroatoms. The van der Waals surface area contributed by atoms with E-state index in [0.717, 1.165) is 13.0 Å². The molecule has 1 aromatic rings. The third-order valence-electron chi connectivity index (χ3n) is 3.83. The maximum absolute atomic E-state index is 12.0. The van der Waals surface area contributed by atoms with Crippen LogP contribution in [-0.2, 0) is 0 Å². The van der Waals surface area contributed by atoms with E-state index in [1.807, 2.05) is 0 Å². The number of nitrogens with one attached hydrogen (secondary N) is 1.